The summed E-state index contributed by atoms with van der Waals surface area (Å²) in [4.78, 5) is 16.2. The van der Waals surface area contributed by atoms with E-state index in [1.807, 2.05) is 0 Å². The molecule has 2 heterocycles. The van der Waals surface area contributed by atoms with Gasteiger partial charge in [0, 0.05) is 30.6 Å². The lowest BCUT2D eigenvalue weighted by Gasteiger charge is -2.23. The number of carbonyl (C=O) groups is 1. The van der Waals surface area contributed by atoms with Gasteiger partial charge in [-0.1, -0.05) is 6.07 Å². The first-order valence-electron chi connectivity index (χ1n) is 7.27. The van der Waals surface area contributed by atoms with Gasteiger partial charge in [0.15, 0.2) is 0 Å². The van der Waals surface area contributed by atoms with E-state index in [1.165, 1.54) is 6.07 Å². The van der Waals surface area contributed by atoms with E-state index in [4.69, 9.17) is 4.74 Å². The van der Waals surface area contributed by atoms with Crippen molar-refractivity contribution >= 4 is 26.8 Å². The second-order valence-corrected chi connectivity index (χ2v) is 6.94. The Hall–Kier alpha value is -2.03. The van der Waals surface area contributed by atoms with Crippen LogP contribution in [-0.4, -0.2) is 45.1 Å². The number of ether oxygens (including phenoxy) is 1. The van der Waals surface area contributed by atoms with Gasteiger partial charge in [-0.25, -0.2) is 13.1 Å². The average molecular weight is 335 g/mol. The number of rotatable bonds is 4. The second kappa shape index (κ2) is 6.61. The molecule has 122 valence electrons. The minimum absolute atomic E-state index is 0.0439. The van der Waals surface area contributed by atoms with Crippen LogP contribution in [0, 0.1) is 0 Å². The Balaban J connectivity index is 1.79. The maximum absolute atomic E-state index is 12.5. The predicted molar refractivity (Wildman–Crippen MR) is 84.3 cm³/mol. The standard InChI is InChI=1S/C15H17N3O4S/c19-15(9-11-10-22-8-7-16-11)18-23(20,21)14-5-1-4-13-12(14)3-2-6-17-13/h1-6,11,16H,7-10H2,(H,18,19). The van der Waals surface area contributed by atoms with Crippen LogP contribution in [-0.2, 0) is 19.6 Å². The van der Waals surface area contributed by atoms with E-state index >= 15 is 0 Å². The van der Waals surface area contributed by atoms with Crippen molar-refractivity contribution in [3.63, 3.8) is 0 Å². The third kappa shape index (κ3) is 3.66. The largest absolute Gasteiger partial charge is 0.378 e. The van der Waals surface area contributed by atoms with Crippen LogP contribution in [0.25, 0.3) is 10.9 Å². The summed E-state index contributed by atoms with van der Waals surface area (Å²) in [5, 5.41) is 3.60. The molecule has 7 nitrogen and oxygen atoms in total. The normalized spacial score (nSPS) is 18.7. The lowest BCUT2D eigenvalue weighted by molar-refractivity contribution is -0.120. The van der Waals surface area contributed by atoms with Gasteiger partial charge in [0.1, 0.15) is 0 Å². The summed E-state index contributed by atoms with van der Waals surface area (Å²) in [6, 6.07) is 7.93. The van der Waals surface area contributed by atoms with Crippen LogP contribution < -0.4 is 10.0 Å². The third-order valence-corrected chi connectivity index (χ3v) is 5.01. The van der Waals surface area contributed by atoms with E-state index in [1.54, 1.807) is 30.5 Å². The number of benzene rings is 1. The Morgan fingerprint density at radius 3 is 3.00 bits per heavy atom. The summed E-state index contributed by atoms with van der Waals surface area (Å²) in [6.45, 7) is 1.64. The maximum atomic E-state index is 12.5. The molecule has 0 spiro atoms. The molecule has 2 aromatic rings. The van der Waals surface area contributed by atoms with Gasteiger partial charge in [-0.3, -0.25) is 9.78 Å². The van der Waals surface area contributed by atoms with Gasteiger partial charge < -0.3 is 10.1 Å². The number of hydrogen-bond acceptors (Lipinski definition) is 6. The molecule has 1 atom stereocenters. The molecule has 1 fully saturated rings. The molecule has 0 bridgehead atoms. The van der Waals surface area contributed by atoms with Crippen LogP contribution in [0.5, 0.6) is 0 Å². The fourth-order valence-electron chi connectivity index (χ4n) is 2.53. The molecule has 8 heteroatoms. The number of amides is 1. The average Bonchev–Trinajstić information content (AvgIpc) is 2.54. The molecule has 1 aromatic heterocycles. The maximum Gasteiger partial charge on any atom is 0.264 e. The number of morpholine rings is 1. The first-order chi connectivity index (χ1) is 11.1. The summed E-state index contributed by atoms with van der Waals surface area (Å²) in [6.07, 6.45) is 1.63. The molecular weight excluding hydrogens is 318 g/mol. The predicted octanol–water partition coefficient (Wildman–Crippen LogP) is 0.418. The minimum atomic E-state index is -3.95. The highest BCUT2D eigenvalue weighted by Gasteiger charge is 2.23. The third-order valence-electron chi connectivity index (χ3n) is 3.57. The number of carbonyl (C=O) groups excluding carboxylic acids is 1. The number of aromatic nitrogens is 1. The van der Waals surface area contributed by atoms with Gasteiger partial charge in [0.2, 0.25) is 5.91 Å². The van der Waals surface area contributed by atoms with E-state index in [0.29, 0.717) is 30.7 Å². The van der Waals surface area contributed by atoms with Gasteiger partial charge in [0.25, 0.3) is 10.0 Å². The number of nitrogens with one attached hydrogen (secondary N) is 2. The molecule has 3 rings (SSSR count). The monoisotopic (exact) mass is 335 g/mol. The highest BCUT2D eigenvalue weighted by Crippen LogP contribution is 2.21. The van der Waals surface area contributed by atoms with Crippen molar-refractivity contribution in [1.29, 1.82) is 0 Å². The van der Waals surface area contributed by atoms with Gasteiger partial charge in [0.05, 0.1) is 23.6 Å². The fourth-order valence-corrected chi connectivity index (χ4v) is 3.74. The summed E-state index contributed by atoms with van der Waals surface area (Å²) < 4.78 is 32.4. The van der Waals surface area contributed by atoms with E-state index in [2.05, 4.69) is 15.0 Å². The lowest BCUT2D eigenvalue weighted by Crippen LogP contribution is -2.45. The Morgan fingerprint density at radius 2 is 2.22 bits per heavy atom. The Kier molecular flexibility index (Phi) is 4.56. The highest BCUT2D eigenvalue weighted by molar-refractivity contribution is 7.90. The van der Waals surface area contributed by atoms with Crippen LogP contribution in [0.2, 0.25) is 0 Å². The van der Waals surface area contributed by atoms with E-state index < -0.39 is 15.9 Å². The van der Waals surface area contributed by atoms with Crippen molar-refractivity contribution in [2.45, 2.75) is 17.4 Å². The molecule has 0 saturated carbocycles. The van der Waals surface area contributed by atoms with Crippen LogP contribution in [0.4, 0.5) is 0 Å². The lowest BCUT2D eigenvalue weighted by atomic mass is 10.2. The van der Waals surface area contributed by atoms with E-state index in [0.717, 1.165) is 0 Å². The zero-order chi connectivity index (χ0) is 16.3. The van der Waals surface area contributed by atoms with Gasteiger partial charge in [-0.05, 0) is 24.3 Å². The van der Waals surface area contributed by atoms with Crippen LogP contribution in [0.15, 0.2) is 41.4 Å². The molecule has 1 saturated heterocycles. The van der Waals surface area contributed by atoms with Gasteiger partial charge >= 0.3 is 0 Å². The number of pyridine rings is 1. The molecule has 1 aromatic carbocycles. The van der Waals surface area contributed by atoms with E-state index in [9.17, 15) is 13.2 Å². The zero-order valence-electron chi connectivity index (χ0n) is 12.4. The first kappa shape index (κ1) is 15.9. The number of sulfonamides is 1. The van der Waals surface area contributed by atoms with Crippen molar-refractivity contribution in [1.82, 2.24) is 15.0 Å². The van der Waals surface area contributed by atoms with Crippen LogP contribution in [0.3, 0.4) is 0 Å². The topological polar surface area (TPSA) is 97.4 Å². The summed E-state index contributed by atoms with van der Waals surface area (Å²) in [5.74, 6) is -0.561. The van der Waals surface area contributed by atoms with Crippen molar-refractivity contribution in [2.75, 3.05) is 19.8 Å². The molecule has 1 aliphatic rings. The molecule has 1 unspecified atom stereocenters. The van der Waals surface area contributed by atoms with Crippen LogP contribution in [0.1, 0.15) is 6.42 Å². The Morgan fingerprint density at radius 1 is 1.35 bits per heavy atom. The molecule has 1 amide bonds. The van der Waals surface area contributed by atoms with E-state index in [-0.39, 0.29) is 17.4 Å². The Bertz CT molecular complexity index is 811. The van der Waals surface area contributed by atoms with Crippen molar-refractivity contribution < 1.29 is 17.9 Å². The fraction of sp³-hybridized carbons (Fsp3) is 0.333. The molecule has 0 radical (unpaired) electrons. The molecule has 0 aliphatic carbocycles. The highest BCUT2D eigenvalue weighted by atomic mass is 32.2. The molecule has 2 N–H and O–H groups in total. The van der Waals surface area contributed by atoms with Crippen molar-refractivity contribution in [3.8, 4) is 0 Å². The molecule has 1 aliphatic heterocycles. The minimum Gasteiger partial charge on any atom is -0.378 e. The van der Waals surface area contributed by atoms with Crippen LogP contribution >= 0.6 is 0 Å². The summed E-state index contributed by atoms with van der Waals surface area (Å²) in [5.41, 5.74) is 0.560. The Labute approximate surface area is 134 Å². The quantitative estimate of drug-likeness (QED) is 0.840. The number of fused-ring (bicyclic) bond motifs is 1. The van der Waals surface area contributed by atoms with Gasteiger partial charge in [-0.2, -0.15) is 0 Å². The smallest absolute Gasteiger partial charge is 0.264 e. The SMILES string of the molecule is O=C(CC1COCCN1)NS(=O)(=O)c1cccc2ncccc12. The first-order valence-corrected chi connectivity index (χ1v) is 8.75. The summed E-state index contributed by atoms with van der Waals surface area (Å²) in [7, 11) is -3.95. The number of nitrogens with zero attached hydrogens (tertiary/aromatic N) is 1. The second-order valence-electron chi connectivity index (χ2n) is 5.28. The molecule has 23 heavy (non-hydrogen) atoms. The zero-order valence-corrected chi connectivity index (χ0v) is 13.2. The van der Waals surface area contributed by atoms with Gasteiger partial charge in [-0.15, -0.1) is 0 Å². The molecular formula is C15H17N3O4S. The number of hydrogen-bond donors (Lipinski definition) is 2. The summed E-state index contributed by atoms with van der Waals surface area (Å²) >= 11 is 0. The van der Waals surface area contributed by atoms with Crippen molar-refractivity contribution in [2.24, 2.45) is 0 Å². The van der Waals surface area contributed by atoms with Crippen molar-refractivity contribution in [3.05, 3.63) is 36.5 Å².